The first-order chi connectivity index (χ1) is 15.8. The number of esters is 3. The van der Waals surface area contributed by atoms with Crippen LogP contribution in [0.3, 0.4) is 0 Å². The number of rotatable bonds is 8. The Morgan fingerprint density at radius 1 is 1.03 bits per heavy atom. The zero-order valence-electron chi connectivity index (χ0n) is 16.8. The fraction of sp³-hybridized carbons (Fsp3) is 0.722. The molecule has 0 aromatic rings. The van der Waals surface area contributed by atoms with Crippen LogP contribution in [0.15, 0.2) is 12.2 Å². The number of hydrogen-bond donors (Lipinski definition) is 0. The monoisotopic (exact) mass is 534 g/mol. The zero-order chi connectivity index (χ0) is 26.9. The summed E-state index contributed by atoms with van der Waals surface area (Å²) in [5.74, 6) is -29.7. The molecule has 2 saturated carbocycles. The van der Waals surface area contributed by atoms with Crippen molar-refractivity contribution < 1.29 is 76.9 Å². The maximum atomic E-state index is 13.7. The first-order valence-corrected chi connectivity index (χ1v) is 9.51. The van der Waals surface area contributed by atoms with Crippen molar-refractivity contribution in [2.75, 3.05) is 6.61 Å². The number of ether oxygens (including phenoxy) is 3. The van der Waals surface area contributed by atoms with Crippen molar-refractivity contribution in [2.24, 2.45) is 23.7 Å². The second kappa shape index (κ2) is 8.21. The number of halogens is 11. The fourth-order valence-corrected chi connectivity index (χ4v) is 4.51. The normalized spacial score (nSPS) is 30.5. The van der Waals surface area contributed by atoms with Gasteiger partial charge in [-0.15, -0.1) is 0 Å². The molecule has 6 atom stereocenters. The maximum absolute atomic E-state index is 13.7. The van der Waals surface area contributed by atoms with E-state index in [0.717, 1.165) is 0 Å². The summed E-state index contributed by atoms with van der Waals surface area (Å²) >= 11 is 0. The lowest BCUT2D eigenvalue weighted by atomic mass is 9.78. The third-order valence-electron chi connectivity index (χ3n) is 6.20. The topological polar surface area (TPSA) is 78.9 Å². The highest BCUT2D eigenvalue weighted by Gasteiger charge is 2.76. The summed E-state index contributed by atoms with van der Waals surface area (Å²) < 4.78 is 156. The van der Waals surface area contributed by atoms with E-state index in [-0.39, 0.29) is 6.42 Å². The molecule has 6 unspecified atom stereocenters. The molecule has 35 heavy (non-hydrogen) atoms. The lowest BCUT2D eigenvalue weighted by Gasteiger charge is -2.33. The molecule has 6 nitrogen and oxygen atoms in total. The van der Waals surface area contributed by atoms with Crippen molar-refractivity contribution in [2.45, 2.75) is 49.0 Å². The molecule has 17 heteroatoms. The Morgan fingerprint density at radius 3 is 2.11 bits per heavy atom. The summed E-state index contributed by atoms with van der Waals surface area (Å²) in [6.07, 6.45) is -13.6. The number of hydrogen-bond acceptors (Lipinski definition) is 6. The zero-order valence-corrected chi connectivity index (χ0v) is 16.8. The van der Waals surface area contributed by atoms with Crippen LogP contribution in [0.5, 0.6) is 0 Å². The molecule has 0 amide bonds. The lowest BCUT2D eigenvalue weighted by molar-refractivity contribution is -0.344. The van der Waals surface area contributed by atoms with Crippen LogP contribution in [-0.4, -0.2) is 67.1 Å². The highest BCUT2D eigenvalue weighted by atomic mass is 19.4. The molecule has 2 aliphatic carbocycles. The Labute approximate surface area is 187 Å². The maximum Gasteiger partial charge on any atom is 0.422 e. The van der Waals surface area contributed by atoms with Crippen molar-refractivity contribution in [3.05, 3.63) is 12.2 Å². The summed E-state index contributed by atoms with van der Waals surface area (Å²) in [6, 6.07) is 0. The van der Waals surface area contributed by atoms with Crippen molar-refractivity contribution in [3.63, 3.8) is 0 Å². The predicted molar refractivity (Wildman–Crippen MR) is 85.3 cm³/mol. The van der Waals surface area contributed by atoms with E-state index in [0.29, 0.717) is 0 Å². The third-order valence-corrected chi connectivity index (χ3v) is 6.20. The summed E-state index contributed by atoms with van der Waals surface area (Å²) in [5, 5.41) is 0. The number of carbonyl (C=O) groups is 3. The third kappa shape index (κ3) is 4.09. The molecule has 3 fully saturated rings. The van der Waals surface area contributed by atoms with E-state index in [2.05, 4.69) is 16.1 Å². The van der Waals surface area contributed by atoms with Gasteiger partial charge in [-0.3, -0.25) is 9.59 Å². The van der Waals surface area contributed by atoms with Gasteiger partial charge in [-0.1, -0.05) is 6.58 Å². The minimum atomic E-state index is -6.66. The van der Waals surface area contributed by atoms with Crippen LogP contribution in [0, 0.1) is 23.7 Å². The SMILES string of the molecule is C=C(C(=O)OC1C2CC3C1OC(=O)C3C2C(=O)OCC(F)(F)C(F)(F)C(F)(F)C(F)F)C(F)(F)F. The molecule has 0 aromatic heterocycles. The molecule has 3 rings (SSSR count). The van der Waals surface area contributed by atoms with Crippen LogP contribution in [0.2, 0.25) is 0 Å². The molecule has 198 valence electrons. The van der Waals surface area contributed by atoms with Crippen molar-refractivity contribution in [3.8, 4) is 0 Å². The molecule has 0 aromatic carbocycles. The minimum Gasteiger partial charge on any atom is -0.459 e. The second-order valence-corrected chi connectivity index (χ2v) is 8.17. The highest BCUT2D eigenvalue weighted by Crippen LogP contribution is 2.59. The molecule has 0 N–H and O–H groups in total. The Morgan fingerprint density at radius 2 is 1.60 bits per heavy atom. The number of carbonyl (C=O) groups excluding carboxylic acids is 3. The Balaban J connectivity index is 1.76. The summed E-state index contributed by atoms with van der Waals surface area (Å²) in [7, 11) is 0. The molecular weight excluding hydrogens is 521 g/mol. The quantitative estimate of drug-likeness (QED) is 0.205. The molecule has 1 saturated heterocycles. The van der Waals surface area contributed by atoms with Gasteiger partial charge in [-0.05, 0) is 6.42 Å². The van der Waals surface area contributed by atoms with Gasteiger partial charge in [0.1, 0.15) is 17.8 Å². The number of fused-ring (bicyclic) bond motifs is 1. The van der Waals surface area contributed by atoms with E-state index < -0.39 is 96.3 Å². The molecular formula is C18H13F11O6. The molecule has 0 spiro atoms. The largest absolute Gasteiger partial charge is 0.459 e. The van der Waals surface area contributed by atoms with Gasteiger partial charge in [0, 0.05) is 11.8 Å². The summed E-state index contributed by atoms with van der Waals surface area (Å²) in [4.78, 5) is 36.2. The summed E-state index contributed by atoms with van der Waals surface area (Å²) in [6.45, 7) is -0.292. The van der Waals surface area contributed by atoms with Gasteiger partial charge in [0.25, 0.3) is 0 Å². The molecule has 2 bridgehead atoms. The Bertz CT molecular complexity index is 930. The van der Waals surface area contributed by atoms with Gasteiger partial charge in [0.05, 0.1) is 11.8 Å². The Hall–Kier alpha value is -2.62. The van der Waals surface area contributed by atoms with Crippen LogP contribution in [0.25, 0.3) is 0 Å². The molecule has 0 radical (unpaired) electrons. The number of alkyl halides is 11. The van der Waals surface area contributed by atoms with Gasteiger partial charge >= 0.3 is 48.3 Å². The lowest BCUT2D eigenvalue weighted by Crippen LogP contribution is -2.59. The van der Waals surface area contributed by atoms with E-state index in [1.165, 1.54) is 0 Å². The predicted octanol–water partition coefficient (Wildman–Crippen LogP) is 3.54. The van der Waals surface area contributed by atoms with Crippen LogP contribution in [-0.2, 0) is 28.6 Å². The average molecular weight is 534 g/mol. The molecule has 1 aliphatic heterocycles. The van der Waals surface area contributed by atoms with Gasteiger partial charge < -0.3 is 14.2 Å². The van der Waals surface area contributed by atoms with Crippen LogP contribution >= 0.6 is 0 Å². The van der Waals surface area contributed by atoms with Gasteiger partial charge in [0.2, 0.25) is 0 Å². The van der Waals surface area contributed by atoms with Gasteiger partial charge in [-0.2, -0.15) is 39.5 Å². The van der Waals surface area contributed by atoms with Gasteiger partial charge in [0.15, 0.2) is 6.61 Å². The van der Waals surface area contributed by atoms with Crippen LogP contribution < -0.4 is 0 Å². The Kier molecular flexibility index (Phi) is 6.33. The van der Waals surface area contributed by atoms with E-state index >= 15 is 0 Å². The summed E-state index contributed by atoms with van der Waals surface area (Å²) in [5.41, 5.74) is -1.96. The molecule has 3 aliphatic rings. The average Bonchev–Trinajstić information content (AvgIpc) is 3.34. The van der Waals surface area contributed by atoms with Crippen molar-refractivity contribution in [1.29, 1.82) is 0 Å². The highest BCUT2D eigenvalue weighted by molar-refractivity contribution is 5.90. The van der Waals surface area contributed by atoms with E-state index in [9.17, 15) is 62.7 Å². The first-order valence-electron chi connectivity index (χ1n) is 9.51. The van der Waals surface area contributed by atoms with E-state index in [1.807, 2.05) is 0 Å². The van der Waals surface area contributed by atoms with Crippen molar-refractivity contribution in [1.82, 2.24) is 0 Å². The van der Waals surface area contributed by atoms with E-state index in [1.54, 1.807) is 0 Å². The van der Waals surface area contributed by atoms with Crippen LogP contribution in [0.4, 0.5) is 48.3 Å². The second-order valence-electron chi connectivity index (χ2n) is 8.17. The minimum absolute atomic E-state index is 0.215. The molecule has 1 heterocycles. The fourth-order valence-electron chi connectivity index (χ4n) is 4.51. The van der Waals surface area contributed by atoms with E-state index in [4.69, 9.17) is 4.74 Å². The van der Waals surface area contributed by atoms with Crippen LogP contribution in [0.1, 0.15) is 6.42 Å². The standard InChI is InChI=1S/C18H13F11O6/c1-4(17(25,26)27)11(30)34-9-5-2-6-8(13(32)35-10(6)9)7(5)12(31)33-3-15(21,22)18(28,29)16(23,24)14(19)20/h5-10,14H,1-3H2. The van der Waals surface area contributed by atoms with Crippen molar-refractivity contribution >= 4 is 17.9 Å². The van der Waals surface area contributed by atoms with Gasteiger partial charge in [-0.25, -0.2) is 13.6 Å². The smallest absolute Gasteiger partial charge is 0.422 e. The first kappa shape index (κ1) is 27.0.